The Bertz CT molecular complexity index is 1370. The average Bonchev–Trinajstić information content (AvgIpc) is 3.63. The van der Waals surface area contributed by atoms with Gasteiger partial charge in [0.1, 0.15) is 24.3 Å². The lowest BCUT2D eigenvalue weighted by molar-refractivity contribution is -0.126. The summed E-state index contributed by atoms with van der Waals surface area (Å²) in [6.07, 6.45) is 1.95. The van der Waals surface area contributed by atoms with Gasteiger partial charge in [-0.3, -0.25) is 4.79 Å². The predicted molar refractivity (Wildman–Crippen MR) is 160 cm³/mol. The lowest BCUT2D eigenvalue weighted by Gasteiger charge is -2.30. The highest BCUT2D eigenvalue weighted by Crippen LogP contribution is 2.31. The summed E-state index contributed by atoms with van der Waals surface area (Å²) in [7, 11) is 0. The maximum Gasteiger partial charge on any atom is 0.225 e. The highest BCUT2D eigenvalue weighted by Gasteiger charge is 2.33. The Balaban J connectivity index is 1.26. The van der Waals surface area contributed by atoms with Crippen LogP contribution in [0.2, 0.25) is 5.02 Å². The summed E-state index contributed by atoms with van der Waals surface area (Å²) in [4.78, 5) is 18.0. The molecule has 7 nitrogen and oxygen atoms in total. The van der Waals surface area contributed by atoms with Crippen molar-refractivity contribution in [2.45, 2.75) is 50.9 Å². The Kier molecular flexibility index (Phi) is 9.04. The molecule has 0 saturated carbocycles. The standard InChI is InChI=1S/C32H39ClFN3O4/c1-32(2,40)20-41-29-10-7-23(17-27(29)33)30(38)28(19-36-12-3-4-13-36)35-31(39)24-11-14-37(18-24)26-9-6-21-15-25(34)8-5-22(21)16-26/h5-10,15-17,24,28,30,38,40H,3-4,11-14,18-20H2,1-2H3,(H,35,39). The molecule has 0 bridgehead atoms. The van der Waals surface area contributed by atoms with E-state index in [1.54, 1.807) is 38.1 Å². The van der Waals surface area contributed by atoms with E-state index < -0.39 is 17.7 Å². The number of nitrogens with zero attached hydrogens (tertiary/aromatic N) is 2. The molecule has 5 rings (SSSR count). The molecule has 2 aliphatic rings. The molecule has 2 saturated heterocycles. The predicted octanol–water partition coefficient (Wildman–Crippen LogP) is 4.92. The van der Waals surface area contributed by atoms with E-state index >= 15 is 0 Å². The van der Waals surface area contributed by atoms with Gasteiger partial charge in [0.05, 0.1) is 22.6 Å². The molecule has 41 heavy (non-hydrogen) atoms. The lowest BCUT2D eigenvalue weighted by Crippen LogP contribution is -2.48. The first kappa shape index (κ1) is 29.6. The number of carbonyl (C=O) groups excluding carboxylic acids is 1. The van der Waals surface area contributed by atoms with Crippen LogP contribution >= 0.6 is 11.6 Å². The second kappa shape index (κ2) is 12.5. The summed E-state index contributed by atoms with van der Waals surface area (Å²) in [6.45, 7) is 7.11. The molecule has 9 heteroatoms. The Morgan fingerprint density at radius 3 is 2.56 bits per heavy atom. The van der Waals surface area contributed by atoms with Crippen molar-refractivity contribution >= 4 is 34.0 Å². The zero-order valence-electron chi connectivity index (χ0n) is 23.7. The Morgan fingerprint density at radius 1 is 1.10 bits per heavy atom. The Morgan fingerprint density at radius 2 is 1.83 bits per heavy atom. The van der Waals surface area contributed by atoms with Crippen molar-refractivity contribution in [2.75, 3.05) is 44.2 Å². The van der Waals surface area contributed by atoms with Crippen LogP contribution in [0.4, 0.5) is 10.1 Å². The third-order valence-electron chi connectivity index (χ3n) is 7.95. The summed E-state index contributed by atoms with van der Waals surface area (Å²) in [5, 5.41) is 26.7. The number of fused-ring (bicyclic) bond motifs is 1. The molecule has 3 unspecified atom stereocenters. The number of nitrogens with one attached hydrogen (secondary N) is 1. The minimum absolute atomic E-state index is 0.0742. The maximum atomic E-state index is 13.6. The van der Waals surface area contributed by atoms with Crippen LogP contribution in [0.15, 0.2) is 54.6 Å². The first-order valence-corrected chi connectivity index (χ1v) is 14.7. The third kappa shape index (κ3) is 7.49. The van der Waals surface area contributed by atoms with Crippen LogP contribution in [0.1, 0.15) is 44.8 Å². The molecule has 3 aromatic carbocycles. The highest BCUT2D eigenvalue weighted by atomic mass is 35.5. The van der Waals surface area contributed by atoms with Crippen LogP contribution in [0, 0.1) is 11.7 Å². The molecule has 1 amide bonds. The van der Waals surface area contributed by atoms with Gasteiger partial charge < -0.3 is 30.1 Å². The number of anilines is 1. The molecule has 2 aliphatic heterocycles. The van der Waals surface area contributed by atoms with Crippen molar-refractivity contribution in [1.82, 2.24) is 10.2 Å². The molecule has 2 fully saturated rings. The summed E-state index contributed by atoms with van der Waals surface area (Å²) in [6, 6.07) is 15.3. The number of halogens is 2. The van der Waals surface area contributed by atoms with Gasteiger partial charge in [-0.15, -0.1) is 0 Å². The van der Waals surface area contributed by atoms with Crippen LogP contribution in [-0.2, 0) is 4.79 Å². The monoisotopic (exact) mass is 583 g/mol. The zero-order chi connectivity index (χ0) is 29.1. The summed E-state index contributed by atoms with van der Waals surface area (Å²) in [5.41, 5.74) is 0.598. The number of benzene rings is 3. The molecular formula is C32H39ClFN3O4. The van der Waals surface area contributed by atoms with E-state index in [0.29, 0.717) is 35.8 Å². The van der Waals surface area contributed by atoms with E-state index in [2.05, 4.69) is 15.1 Å². The normalized spacial score (nSPS) is 19.5. The molecule has 220 valence electrons. The van der Waals surface area contributed by atoms with Gasteiger partial charge in [0.15, 0.2) is 0 Å². The van der Waals surface area contributed by atoms with Crippen molar-refractivity contribution < 1.29 is 24.1 Å². The fourth-order valence-electron chi connectivity index (χ4n) is 5.68. The van der Waals surface area contributed by atoms with Gasteiger partial charge in [-0.05, 0) is 98.9 Å². The third-order valence-corrected chi connectivity index (χ3v) is 8.25. The summed E-state index contributed by atoms with van der Waals surface area (Å²) >= 11 is 6.47. The number of amides is 1. The van der Waals surface area contributed by atoms with E-state index in [-0.39, 0.29) is 24.2 Å². The van der Waals surface area contributed by atoms with E-state index in [0.717, 1.165) is 48.9 Å². The van der Waals surface area contributed by atoms with Crippen LogP contribution < -0.4 is 15.0 Å². The van der Waals surface area contributed by atoms with Crippen LogP contribution in [0.5, 0.6) is 5.75 Å². The van der Waals surface area contributed by atoms with Crippen molar-refractivity contribution in [3.63, 3.8) is 0 Å². The van der Waals surface area contributed by atoms with Crippen molar-refractivity contribution in [1.29, 1.82) is 0 Å². The van der Waals surface area contributed by atoms with Crippen molar-refractivity contribution in [3.05, 3.63) is 71.0 Å². The van der Waals surface area contributed by atoms with Gasteiger partial charge >= 0.3 is 0 Å². The van der Waals surface area contributed by atoms with Crippen LogP contribution in [0.25, 0.3) is 10.8 Å². The van der Waals surface area contributed by atoms with Gasteiger partial charge in [-0.2, -0.15) is 0 Å². The van der Waals surface area contributed by atoms with Gasteiger partial charge in [0.2, 0.25) is 5.91 Å². The summed E-state index contributed by atoms with van der Waals surface area (Å²) < 4.78 is 19.2. The molecule has 2 heterocycles. The smallest absolute Gasteiger partial charge is 0.225 e. The zero-order valence-corrected chi connectivity index (χ0v) is 24.4. The number of hydrogen-bond acceptors (Lipinski definition) is 6. The largest absolute Gasteiger partial charge is 0.489 e. The van der Waals surface area contributed by atoms with E-state index in [9.17, 15) is 19.4 Å². The number of ether oxygens (including phenoxy) is 1. The van der Waals surface area contributed by atoms with Gasteiger partial charge in [-0.25, -0.2) is 4.39 Å². The van der Waals surface area contributed by atoms with E-state index in [1.807, 2.05) is 18.2 Å². The molecular weight excluding hydrogens is 545 g/mol. The molecule has 0 radical (unpaired) electrons. The van der Waals surface area contributed by atoms with E-state index in [1.165, 1.54) is 12.1 Å². The Hall–Kier alpha value is -2.91. The average molecular weight is 584 g/mol. The van der Waals surface area contributed by atoms with Crippen molar-refractivity contribution in [3.8, 4) is 5.75 Å². The van der Waals surface area contributed by atoms with Crippen molar-refractivity contribution in [2.24, 2.45) is 5.92 Å². The second-order valence-electron chi connectivity index (χ2n) is 12.0. The maximum absolute atomic E-state index is 13.6. The van der Waals surface area contributed by atoms with Gasteiger partial charge in [0.25, 0.3) is 0 Å². The van der Waals surface area contributed by atoms with Gasteiger partial charge in [-0.1, -0.05) is 29.8 Å². The lowest BCUT2D eigenvalue weighted by atomic mass is 10.00. The molecule has 3 N–H and O–H groups in total. The molecule has 3 atom stereocenters. The minimum atomic E-state index is -1.00. The van der Waals surface area contributed by atoms with E-state index in [4.69, 9.17) is 16.3 Å². The molecule has 3 aromatic rings. The first-order valence-electron chi connectivity index (χ1n) is 14.4. The first-order chi connectivity index (χ1) is 19.6. The molecule has 0 aromatic heterocycles. The quantitative estimate of drug-likeness (QED) is 0.314. The Labute approximate surface area is 245 Å². The van der Waals surface area contributed by atoms with Crippen LogP contribution in [0.3, 0.4) is 0 Å². The number of rotatable bonds is 10. The molecule has 0 spiro atoms. The number of carbonyl (C=O) groups is 1. The van der Waals surface area contributed by atoms with Gasteiger partial charge in [0, 0.05) is 25.3 Å². The second-order valence-corrected chi connectivity index (χ2v) is 12.4. The number of likely N-dealkylation sites (tertiary alicyclic amines) is 1. The van der Waals surface area contributed by atoms with Crippen LogP contribution in [-0.4, -0.2) is 72.0 Å². The number of aliphatic hydroxyl groups is 2. The SMILES string of the molecule is CC(C)(O)COc1ccc(C(O)C(CN2CCCC2)NC(=O)C2CCN(c3ccc4cc(F)ccc4c3)C2)cc1Cl. The highest BCUT2D eigenvalue weighted by molar-refractivity contribution is 6.32. The number of hydrogen-bond donors (Lipinski definition) is 3. The fraction of sp³-hybridized carbons (Fsp3) is 0.469. The fourth-order valence-corrected chi connectivity index (χ4v) is 5.93. The topological polar surface area (TPSA) is 85.3 Å². The summed E-state index contributed by atoms with van der Waals surface area (Å²) in [5.74, 6) is -0.121. The molecule has 0 aliphatic carbocycles. The number of aliphatic hydroxyl groups excluding tert-OH is 1. The minimum Gasteiger partial charge on any atom is -0.489 e.